The fraction of sp³-hybridized carbons (Fsp3) is 0.733. The molecule has 1 atom stereocenters. The highest BCUT2D eigenvalue weighted by Gasteiger charge is 2.27. The average Bonchev–Trinajstić information content (AvgIpc) is 2.74. The highest BCUT2D eigenvalue weighted by Crippen LogP contribution is 2.36. The first-order chi connectivity index (χ1) is 9.13. The summed E-state index contributed by atoms with van der Waals surface area (Å²) < 4.78 is 0. The van der Waals surface area contributed by atoms with Crippen molar-refractivity contribution in [3.63, 3.8) is 0 Å². The molecule has 2 fully saturated rings. The summed E-state index contributed by atoms with van der Waals surface area (Å²) in [5.41, 5.74) is 2.38. The van der Waals surface area contributed by atoms with Crippen LogP contribution in [0.1, 0.15) is 43.0 Å². The van der Waals surface area contributed by atoms with E-state index in [4.69, 9.17) is 4.98 Å². The highest BCUT2D eigenvalue weighted by atomic mass is 15.3. The van der Waals surface area contributed by atoms with E-state index in [2.05, 4.69) is 41.9 Å². The monoisotopic (exact) mass is 260 g/mol. The molecule has 0 radical (unpaired) electrons. The fourth-order valence-corrected chi connectivity index (χ4v) is 2.98. The molecule has 1 saturated heterocycles. The van der Waals surface area contributed by atoms with E-state index in [-0.39, 0.29) is 0 Å². The molecule has 2 heterocycles. The number of aryl methyl sites for hydroxylation is 1. The Bertz CT molecular complexity index is 453. The minimum Gasteiger partial charge on any atom is -0.339 e. The smallest absolute Gasteiger partial charge is 0.225 e. The van der Waals surface area contributed by atoms with Gasteiger partial charge in [-0.1, -0.05) is 6.42 Å². The Morgan fingerprint density at radius 3 is 2.58 bits per heavy atom. The molecule has 4 nitrogen and oxygen atoms in total. The molecule has 104 valence electrons. The van der Waals surface area contributed by atoms with Crippen LogP contribution in [0, 0.1) is 6.92 Å². The molecule has 3 rings (SSSR count). The minimum atomic E-state index is 0.635. The van der Waals surface area contributed by atoms with Gasteiger partial charge >= 0.3 is 0 Å². The Morgan fingerprint density at radius 1 is 1.21 bits per heavy atom. The first-order valence-electron chi connectivity index (χ1n) is 7.40. The zero-order valence-electron chi connectivity index (χ0n) is 12.3. The summed E-state index contributed by atoms with van der Waals surface area (Å²) in [4.78, 5) is 14.1. The van der Waals surface area contributed by atoms with Crippen LogP contribution < -0.4 is 4.90 Å². The van der Waals surface area contributed by atoms with E-state index in [0.717, 1.165) is 24.7 Å². The molecule has 1 aromatic rings. The van der Waals surface area contributed by atoms with Gasteiger partial charge in [-0.25, -0.2) is 9.97 Å². The topological polar surface area (TPSA) is 32.3 Å². The Hall–Kier alpha value is -1.16. The van der Waals surface area contributed by atoms with Crippen molar-refractivity contribution in [1.29, 1.82) is 0 Å². The second-order valence-corrected chi connectivity index (χ2v) is 6.21. The lowest BCUT2D eigenvalue weighted by Gasteiger charge is -2.26. The third-order valence-electron chi connectivity index (χ3n) is 4.56. The van der Waals surface area contributed by atoms with Crippen molar-refractivity contribution in [3.05, 3.63) is 17.5 Å². The number of anilines is 1. The predicted molar refractivity (Wildman–Crippen MR) is 77.7 cm³/mol. The van der Waals surface area contributed by atoms with Crippen LogP contribution in [0.3, 0.4) is 0 Å². The number of hydrogen-bond acceptors (Lipinski definition) is 4. The molecule has 1 aliphatic carbocycles. The number of likely N-dealkylation sites (N-methyl/N-ethyl adjacent to an activating group) is 1. The van der Waals surface area contributed by atoms with Crippen LogP contribution in [-0.4, -0.2) is 48.1 Å². The van der Waals surface area contributed by atoms with Gasteiger partial charge in [-0.15, -0.1) is 0 Å². The van der Waals surface area contributed by atoms with Crippen molar-refractivity contribution in [2.75, 3.05) is 32.1 Å². The van der Waals surface area contributed by atoms with E-state index >= 15 is 0 Å². The molecule has 0 bridgehead atoms. The van der Waals surface area contributed by atoms with Crippen molar-refractivity contribution in [2.45, 2.75) is 44.6 Å². The van der Waals surface area contributed by atoms with Gasteiger partial charge in [0.2, 0.25) is 5.95 Å². The Morgan fingerprint density at radius 2 is 2.00 bits per heavy atom. The molecule has 0 aromatic carbocycles. The van der Waals surface area contributed by atoms with Gasteiger partial charge in [-0.2, -0.15) is 0 Å². The first kappa shape index (κ1) is 12.9. The maximum Gasteiger partial charge on any atom is 0.225 e. The van der Waals surface area contributed by atoms with Crippen molar-refractivity contribution >= 4 is 5.95 Å². The van der Waals surface area contributed by atoms with E-state index in [9.17, 15) is 0 Å². The SMILES string of the molecule is Cc1cc(C2CCC2)nc(N2CC[C@@H](N(C)C)C2)n1. The van der Waals surface area contributed by atoms with E-state index < -0.39 is 0 Å². The number of rotatable bonds is 3. The van der Waals surface area contributed by atoms with Gasteiger partial charge in [0, 0.05) is 36.4 Å². The van der Waals surface area contributed by atoms with Gasteiger partial charge in [-0.3, -0.25) is 0 Å². The Balaban J connectivity index is 1.79. The zero-order chi connectivity index (χ0) is 13.4. The Kier molecular flexibility index (Phi) is 3.44. The molecule has 0 amide bonds. The molecule has 0 unspecified atom stereocenters. The van der Waals surface area contributed by atoms with Crippen molar-refractivity contribution < 1.29 is 0 Å². The molecular formula is C15H24N4. The number of aromatic nitrogens is 2. The molecule has 19 heavy (non-hydrogen) atoms. The fourth-order valence-electron chi connectivity index (χ4n) is 2.98. The molecule has 4 heteroatoms. The van der Waals surface area contributed by atoms with E-state index in [1.54, 1.807) is 0 Å². The molecule has 2 aliphatic rings. The lowest BCUT2D eigenvalue weighted by molar-refractivity contribution is 0.315. The van der Waals surface area contributed by atoms with Crippen LogP contribution >= 0.6 is 0 Å². The van der Waals surface area contributed by atoms with Crippen molar-refractivity contribution in [1.82, 2.24) is 14.9 Å². The van der Waals surface area contributed by atoms with E-state index in [0.29, 0.717) is 12.0 Å². The molecule has 1 aromatic heterocycles. The number of hydrogen-bond donors (Lipinski definition) is 0. The van der Waals surface area contributed by atoms with Crippen LogP contribution in [0.2, 0.25) is 0 Å². The third-order valence-corrected chi connectivity index (χ3v) is 4.56. The van der Waals surface area contributed by atoms with Gasteiger partial charge in [-0.05, 0) is 46.3 Å². The summed E-state index contributed by atoms with van der Waals surface area (Å²) in [7, 11) is 4.32. The molecule has 1 saturated carbocycles. The maximum absolute atomic E-state index is 4.83. The van der Waals surface area contributed by atoms with Crippen LogP contribution in [-0.2, 0) is 0 Å². The summed E-state index contributed by atoms with van der Waals surface area (Å²) in [5.74, 6) is 1.64. The van der Waals surface area contributed by atoms with Gasteiger partial charge in [0.15, 0.2) is 0 Å². The standard InChI is InChI=1S/C15H24N4/c1-11-9-14(12-5-4-6-12)17-15(16-11)19-8-7-13(10-19)18(2)3/h9,12-13H,4-8,10H2,1-3H3/t13-/m1/s1. The summed E-state index contributed by atoms with van der Waals surface area (Å²) in [5, 5.41) is 0. The summed E-state index contributed by atoms with van der Waals surface area (Å²) in [6.45, 7) is 4.23. The van der Waals surface area contributed by atoms with Gasteiger partial charge in [0.1, 0.15) is 0 Å². The van der Waals surface area contributed by atoms with Gasteiger partial charge < -0.3 is 9.80 Å². The minimum absolute atomic E-state index is 0.635. The largest absolute Gasteiger partial charge is 0.339 e. The quantitative estimate of drug-likeness (QED) is 0.834. The van der Waals surface area contributed by atoms with E-state index in [1.165, 1.54) is 31.4 Å². The second-order valence-electron chi connectivity index (χ2n) is 6.21. The normalized spacial score (nSPS) is 24.0. The van der Waals surface area contributed by atoms with Crippen LogP contribution in [0.5, 0.6) is 0 Å². The average molecular weight is 260 g/mol. The lowest BCUT2D eigenvalue weighted by Crippen LogP contribution is -2.32. The summed E-state index contributed by atoms with van der Waals surface area (Å²) in [6.07, 6.45) is 5.17. The van der Waals surface area contributed by atoms with Crippen molar-refractivity contribution in [3.8, 4) is 0 Å². The van der Waals surface area contributed by atoms with Crippen molar-refractivity contribution in [2.24, 2.45) is 0 Å². The first-order valence-corrected chi connectivity index (χ1v) is 7.40. The van der Waals surface area contributed by atoms with Gasteiger partial charge in [0.25, 0.3) is 0 Å². The van der Waals surface area contributed by atoms with Crippen LogP contribution in [0.25, 0.3) is 0 Å². The molecule has 0 N–H and O–H groups in total. The van der Waals surface area contributed by atoms with Crippen LogP contribution in [0.15, 0.2) is 6.07 Å². The molecular weight excluding hydrogens is 236 g/mol. The second kappa shape index (κ2) is 5.08. The van der Waals surface area contributed by atoms with Gasteiger partial charge in [0.05, 0.1) is 0 Å². The summed E-state index contributed by atoms with van der Waals surface area (Å²) in [6, 6.07) is 2.81. The van der Waals surface area contributed by atoms with E-state index in [1.807, 2.05) is 0 Å². The third kappa shape index (κ3) is 2.59. The molecule has 1 aliphatic heterocycles. The highest BCUT2D eigenvalue weighted by molar-refractivity contribution is 5.35. The zero-order valence-corrected chi connectivity index (χ0v) is 12.3. The lowest BCUT2D eigenvalue weighted by atomic mass is 9.83. The maximum atomic E-state index is 4.83. The number of nitrogens with zero attached hydrogens (tertiary/aromatic N) is 4. The van der Waals surface area contributed by atoms with Crippen LogP contribution in [0.4, 0.5) is 5.95 Å². The Labute approximate surface area is 115 Å². The molecule has 0 spiro atoms. The predicted octanol–water partition coefficient (Wildman–Crippen LogP) is 2.19. The summed E-state index contributed by atoms with van der Waals surface area (Å²) >= 11 is 0.